The van der Waals surface area contributed by atoms with Crippen LogP contribution < -0.4 is 5.43 Å². The van der Waals surface area contributed by atoms with Crippen LogP contribution in [-0.4, -0.2) is 29.0 Å². The molecule has 1 aliphatic rings. The summed E-state index contributed by atoms with van der Waals surface area (Å²) in [4.78, 5) is 15.7. The Kier molecular flexibility index (Phi) is 3.09. The number of hydrazine groups is 1. The van der Waals surface area contributed by atoms with E-state index in [-0.39, 0.29) is 5.91 Å². The molecule has 0 aromatic carbocycles. The maximum Gasteiger partial charge on any atom is 0.284 e. The molecule has 0 bridgehead atoms. The highest BCUT2D eigenvalue weighted by molar-refractivity contribution is 5.91. The molecule has 15 heavy (non-hydrogen) atoms. The molecule has 0 radical (unpaired) electrons. The van der Waals surface area contributed by atoms with Gasteiger partial charge in [-0.05, 0) is 18.6 Å². The second-order valence-electron chi connectivity index (χ2n) is 3.36. The summed E-state index contributed by atoms with van der Waals surface area (Å²) < 4.78 is 0. The normalized spacial score (nSPS) is 16.3. The molecule has 0 spiro atoms. The first-order chi connectivity index (χ1) is 7.36. The van der Waals surface area contributed by atoms with Gasteiger partial charge < -0.3 is 0 Å². The molecule has 1 aliphatic heterocycles. The lowest BCUT2D eigenvalue weighted by Crippen LogP contribution is -2.44. The van der Waals surface area contributed by atoms with Crippen LogP contribution in [-0.2, 0) is 0 Å². The van der Waals surface area contributed by atoms with E-state index in [0.29, 0.717) is 5.69 Å². The van der Waals surface area contributed by atoms with E-state index >= 15 is 0 Å². The van der Waals surface area contributed by atoms with Crippen molar-refractivity contribution in [3.05, 3.63) is 42.2 Å². The number of amides is 1. The van der Waals surface area contributed by atoms with Crippen molar-refractivity contribution in [2.45, 2.75) is 6.42 Å². The first-order valence-electron chi connectivity index (χ1n) is 4.98. The summed E-state index contributed by atoms with van der Waals surface area (Å²) in [5.41, 5.74) is 3.27. The van der Waals surface area contributed by atoms with Crippen molar-refractivity contribution in [2.75, 3.05) is 13.1 Å². The molecule has 1 amide bonds. The molecule has 0 saturated heterocycles. The minimum absolute atomic E-state index is 0.147. The quantitative estimate of drug-likeness (QED) is 0.729. The van der Waals surface area contributed by atoms with Crippen molar-refractivity contribution in [2.24, 2.45) is 0 Å². The predicted octanol–water partition coefficient (Wildman–Crippen LogP) is 0.988. The van der Waals surface area contributed by atoms with Crippen LogP contribution >= 0.6 is 0 Å². The minimum Gasteiger partial charge on any atom is -0.283 e. The van der Waals surface area contributed by atoms with Crippen molar-refractivity contribution >= 4 is 5.91 Å². The van der Waals surface area contributed by atoms with Gasteiger partial charge in [0.25, 0.3) is 5.91 Å². The molecule has 78 valence electrons. The molecule has 1 N–H and O–H groups in total. The van der Waals surface area contributed by atoms with Gasteiger partial charge in [0.2, 0.25) is 0 Å². The predicted molar refractivity (Wildman–Crippen MR) is 57.0 cm³/mol. The molecule has 4 heteroatoms. The van der Waals surface area contributed by atoms with Gasteiger partial charge in [-0.1, -0.05) is 18.2 Å². The lowest BCUT2D eigenvalue weighted by atomic mass is 10.3. The van der Waals surface area contributed by atoms with E-state index in [2.05, 4.69) is 16.5 Å². The number of rotatable bonds is 2. The van der Waals surface area contributed by atoms with Gasteiger partial charge in [0.05, 0.1) is 0 Å². The zero-order chi connectivity index (χ0) is 10.5. The Morgan fingerprint density at radius 1 is 1.40 bits per heavy atom. The Hall–Kier alpha value is -1.68. The van der Waals surface area contributed by atoms with Crippen LogP contribution in [0.5, 0.6) is 0 Å². The largest absolute Gasteiger partial charge is 0.284 e. The second-order valence-corrected chi connectivity index (χ2v) is 3.36. The third-order valence-corrected chi connectivity index (χ3v) is 2.22. The topological polar surface area (TPSA) is 45.2 Å². The van der Waals surface area contributed by atoms with Gasteiger partial charge in [0.1, 0.15) is 5.69 Å². The molecular weight excluding hydrogens is 190 g/mol. The average Bonchev–Trinajstić information content (AvgIpc) is 2.31. The summed E-state index contributed by atoms with van der Waals surface area (Å²) in [7, 11) is 0. The van der Waals surface area contributed by atoms with Crippen LogP contribution in [0.4, 0.5) is 0 Å². The molecule has 0 saturated carbocycles. The summed E-state index contributed by atoms with van der Waals surface area (Å²) in [5, 5.41) is 1.89. The zero-order valence-corrected chi connectivity index (χ0v) is 8.39. The number of hydrogen-bond acceptors (Lipinski definition) is 3. The summed E-state index contributed by atoms with van der Waals surface area (Å²) in [6.07, 6.45) is 6.75. The summed E-state index contributed by atoms with van der Waals surface area (Å²) >= 11 is 0. The summed E-state index contributed by atoms with van der Waals surface area (Å²) in [6.45, 7) is 1.62. The lowest BCUT2D eigenvalue weighted by molar-refractivity contribution is 0.0799. The summed E-state index contributed by atoms with van der Waals surface area (Å²) in [5.74, 6) is -0.147. The van der Waals surface area contributed by atoms with E-state index < -0.39 is 0 Å². The fourth-order valence-corrected chi connectivity index (χ4v) is 1.44. The number of hydrogen-bond donors (Lipinski definition) is 1. The van der Waals surface area contributed by atoms with Gasteiger partial charge in [-0.15, -0.1) is 0 Å². The Bertz CT molecular complexity index is 361. The van der Waals surface area contributed by atoms with Crippen LogP contribution in [0.25, 0.3) is 0 Å². The fraction of sp³-hybridized carbons (Fsp3) is 0.273. The van der Waals surface area contributed by atoms with E-state index in [1.54, 1.807) is 24.4 Å². The number of carbonyl (C=O) groups excluding carboxylic acids is 1. The van der Waals surface area contributed by atoms with Crippen LogP contribution in [0, 0.1) is 0 Å². The highest BCUT2D eigenvalue weighted by atomic mass is 16.2. The Morgan fingerprint density at radius 2 is 2.33 bits per heavy atom. The van der Waals surface area contributed by atoms with Gasteiger partial charge >= 0.3 is 0 Å². The van der Waals surface area contributed by atoms with Crippen molar-refractivity contribution in [3.8, 4) is 0 Å². The Morgan fingerprint density at radius 3 is 3.00 bits per heavy atom. The first kappa shape index (κ1) is 9.86. The molecule has 1 aromatic rings. The molecule has 0 fully saturated rings. The molecule has 2 rings (SSSR count). The minimum atomic E-state index is -0.147. The van der Waals surface area contributed by atoms with Crippen molar-refractivity contribution in [1.82, 2.24) is 15.4 Å². The van der Waals surface area contributed by atoms with Gasteiger partial charge in [-0.3, -0.25) is 15.2 Å². The van der Waals surface area contributed by atoms with Gasteiger partial charge in [0.15, 0.2) is 0 Å². The number of pyridine rings is 1. The molecule has 0 unspecified atom stereocenters. The number of aromatic nitrogens is 1. The SMILES string of the molecule is O=C(NN1CC=CCC1)c1ccccn1. The summed E-state index contributed by atoms with van der Waals surface area (Å²) in [6, 6.07) is 5.30. The Labute approximate surface area is 88.6 Å². The van der Waals surface area contributed by atoms with Crippen molar-refractivity contribution < 1.29 is 4.79 Å². The molecule has 2 heterocycles. The molecular formula is C11H13N3O. The smallest absolute Gasteiger partial charge is 0.283 e. The molecule has 4 nitrogen and oxygen atoms in total. The maximum atomic E-state index is 11.7. The average molecular weight is 203 g/mol. The second kappa shape index (κ2) is 4.70. The third-order valence-electron chi connectivity index (χ3n) is 2.22. The van der Waals surface area contributed by atoms with Crippen molar-refractivity contribution in [3.63, 3.8) is 0 Å². The van der Waals surface area contributed by atoms with Gasteiger partial charge in [0, 0.05) is 19.3 Å². The fourth-order valence-electron chi connectivity index (χ4n) is 1.44. The van der Waals surface area contributed by atoms with Gasteiger partial charge in [-0.25, -0.2) is 5.01 Å². The number of nitrogens with zero attached hydrogens (tertiary/aromatic N) is 2. The van der Waals surface area contributed by atoms with Crippen LogP contribution in [0.1, 0.15) is 16.9 Å². The molecule has 0 atom stereocenters. The maximum absolute atomic E-state index is 11.7. The van der Waals surface area contributed by atoms with Crippen LogP contribution in [0.15, 0.2) is 36.5 Å². The van der Waals surface area contributed by atoms with Crippen LogP contribution in [0.2, 0.25) is 0 Å². The third kappa shape index (κ3) is 2.63. The van der Waals surface area contributed by atoms with Crippen molar-refractivity contribution in [1.29, 1.82) is 0 Å². The van der Waals surface area contributed by atoms with E-state index in [9.17, 15) is 4.79 Å². The highest BCUT2D eigenvalue weighted by Crippen LogP contribution is 1.99. The van der Waals surface area contributed by atoms with E-state index in [4.69, 9.17) is 0 Å². The standard InChI is InChI=1S/C11H13N3O/c15-11(10-6-2-3-7-12-10)13-14-8-4-1-5-9-14/h1-4,6-7H,5,8-9H2,(H,13,15). The van der Waals surface area contributed by atoms with Gasteiger partial charge in [-0.2, -0.15) is 0 Å². The van der Waals surface area contributed by atoms with E-state index in [1.807, 2.05) is 11.1 Å². The lowest BCUT2D eigenvalue weighted by Gasteiger charge is -2.23. The highest BCUT2D eigenvalue weighted by Gasteiger charge is 2.11. The number of nitrogens with one attached hydrogen (secondary N) is 1. The first-order valence-corrected chi connectivity index (χ1v) is 4.98. The zero-order valence-electron chi connectivity index (χ0n) is 8.39. The Balaban J connectivity index is 1.95. The molecule has 1 aromatic heterocycles. The monoisotopic (exact) mass is 203 g/mol. The number of carbonyl (C=O) groups is 1. The van der Waals surface area contributed by atoms with E-state index in [0.717, 1.165) is 19.5 Å². The van der Waals surface area contributed by atoms with Crippen LogP contribution in [0.3, 0.4) is 0 Å². The molecule has 0 aliphatic carbocycles. The van der Waals surface area contributed by atoms with E-state index in [1.165, 1.54) is 0 Å².